The normalized spacial score (nSPS) is 17.6. The van der Waals surface area contributed by atoms with Crippen LogP contribution in [0.15, 0.2) is 24.8 Å². The lowest BCUT2D eigenvalue weighted by molar-refractivity contribution is 0.174. The van der Waals surface area contributed by atoms with E-state index in [4.69, 9.17) is 9.47 Å². The van der Waals surface area contributed by atoms with Crippen molar-refractivity contribution < 1.29 is 9.47 Å². The summed E-state index contributed by atoms with van der Waals surface area (Å²) in [5.41, 5.74) is 2.81. The highest BCUT2D eigenvalue weighted by atomic mass is 35.5. The van der Waals surface area contributed by atoms with Gasteiger partial charge in [0, 0.05) is 19.6 Å². The van der Waals surface area contributed by atoms with E-state index in [1.165, 1.54) is 11.1 Å². The highest BCUT2D eigenvalue weighted by molar-refractivity contribution is 5.85. The third-order valence-electron chi connectivity index (χ3n) is 3.48. The number of hydrogen-bond acceptors (Lipinski definition) is 3. The third kappa shape index (κ3) is 2.47. The Balaban J connectivity index is 0.00000120. The van der Waals surface area contributed by atoms with E-state index in [9.17, 15) is 0 Å². The van der Waals surface area contributed by atoms with Crippen LogP contribution in [0, 0.1) is 0 Å². The van der Waals surface area contributed by atoms with Crippen molar-refractivity contribution in [2.45, 2.75) is 12.8 Å². The number of rotatable bonds is 2. The Labute approximate surface area is 114 Å². The van der Waals surface area contributed by atoms with E-state index in [0.29, 0.717) is 6.79 Å². The second kappa shape index (κ2) is 5.63. The molecule has 0 aliphatic carbocycles. The Hall–Kier alpha value is -1.19. The smallest absolute Gasteiger partial charge is 0.231 e. The predicted octanol–water partition coefficient (Wildman–Crippen LogP) is 2.42. The summed E-state index contributed by atoms with van der Waals surface area (Å²) in [5, 5.41) is 0. The minimum absolute atomic E-state index is 0. The summed E-state index contributed by atoms with van der Waals surface area (Å²) >= 11 is 0. The monoisotopic (exact) mass is 267 g/mol. The van der Waals surface area contributed by atoms with Gasteiger partial charge in [-0.05, 0) is 36.1 Å². The van der Waals surface area contributed by atoms with E-state index >= 15 is 0 Å². The van der Waals surface area contributed by atoms with Gasteiger partial charge in [0.2, 0.25) is 6.79 Å². The van der Waals surface area contributed by atoms with Crippen LogP contribution in [0.1, 0.15) is 11.1 Å². The summed E-state index contributed by atoms with van der Waals surface area (Å²) in [6, 6.07) is 4.30. The molecule has 1 aromatic carbocycles. The lowest BCUT2D eigenvalue weighted by Crippen LogP contribution is -2.26. The Morgan fingerprint density at radius 1 is 1.11 bits per heavy atom. The maximum absolute atomic E-state index is 5.43. The van der Waals surface area contributed by atoms with E-state index in [1.807, 2.05) is 6.08 Å². The summed E-state index contributed by atoms with van der Waals surface area (Å²) in [5.74, 6) is 1.81. The van der Waals surface area contributed by atoms with Gasteiger partial charge in [0.05, 0.1) is 0 Å². The Bertz CT molecular complexity index is 413. The maximum atomic E-state index is 5.43. The number of fused-ring (bicyclic) bond motifs is 2. The van der Waals surface area contributed by atoms with E-state index in [1.54, 1.807) is 0 Å². The Morgan fingerprint density at radius 2 is 1.67 bits per heavy atom. The van der Waals surface area contributed by atoms with Crippen LogP contribution in [-0.4, -0.2) is 31.3 Å². The molecule has 0 aromatic heterocycles. The zero-order chi connectivity index (χ0) is 11.7. The summed E-state index contributed by atoms with van der Waals surface area (Å²) in [4.78, 5) is 2.43. The molecule has 0 N–H and O–H groups in total. The molecule has 0 atom stereocenters. The third-order valence-corrected chi connectivity index (χ3v) is 3.48. The standard InChI is InChI=1S/C14H17NO2.ClH/c1-2-5-15-6-3-11-8-13-14(17-10-16-13)9-12(11)4-7-15;/h2,8-9H,1,3-7,10H2;1H. The summed E-state index contributed by atoms with van der Waals surface area (Å²) in [6.45, 7) is 7.33. The zero-order valence-electron chi connectivity index (χ0n) is 10.4. The van der Waals surface area contributed by atoms with Crippen molar-refractivity contribution in [1.82, 2.24) is 4.90 Å². The van der Waals surface area contributed by atoms with Crippen molar-refractivity contribution >= 4 is 12.4 Å². The summed E-state index contributed by atoms with van der Waals surface area (Å²) < 4.78 is 10.9. The molecule has 0 saturated heterocycles. The fraction of sp³-hybridized carbons (Fsp3) is 0.429. The molecule has 2 aliphatic heterocycles. The maximum Gasteiger partial charge on any atom is 0.231 e. The molecule has 0 unspecified atom stereocenters. The first-order valence-corrected chi connectivity index (χ1v) is 6.11. The van der Waals surface area contributed by atoms with E-state index in [0.717, 1.165) is 44.0 Å². The molecule has 0 amide bonds. The lowest BCUT2D eigenvalue weighted by Gasteiger charge is -2.16. The van der Waals surface area contributed by atoms with E-state index < -0.39 is 0 Å². The molecule has 0 spiro atoms. The highest BCUT2D eigenvalue weighted by Crippen LogP contribution is 2.35. The largest absolute Gasteiger partial charge is 0.454 e. The number of hydrogen-bond donors (Lipinski definition) is 0. The topological polar surface area (TPSA) is 21.7 Å². The number of nitrogens with zero attached hydrogens (tertiary/aromatic N) is 1. The molecule has 1 aromatic rings. The minimum atomic E-state index is 0. The molecule has 2 heterocycles. The van der Waals surface area contributed by atoms with Gasteiger partial charge in [0.25, 0.3) is 0 Å². The molecule has 0 saturated carbocycles. The molecule has 0 radical (unpaired) electrons. The zero-order valence-corrected chi connectivity index (χ0v) is 11.2. The first-order chi connectivity index (χ1) is 8.36. The van der Waals surface area contributed by atoms with Gasteiger partial charge in [0.15, 0.2) is 11.5 Å². The van der Waals surface area contributed by atoms with Crippen molar-refractivity contribution in [2.75, 3.05) is 26.4 Å². The fourth-order valence-corrected chi connectivity index (χ4v) is 2.53. The van der Waals surface area contributed by atoms with Crippen molar-refractivity contribution in [1.29, 1.82) is 0 Å². The van der Waals surface area contributed by atoms with Crippen molar-refractivity contribution in [3.05, 3.63) is 35.9 Å². The fourth-order valence-electron chi connectivity index (χ4n) is 2.53. The number of benzene rings is 1. The van der Waals surface area contributed by atoms with Crippen LogP contribution in [0.4, 0.5) is 0 Å². The molecule has 0 bridgehead atoms. The number of halogens is 1. The van der Waals surface area contributed by atoms with Crippen molar-refractivity contribution in [3.8, 4) is 11.5 Å². The first kappa shape index (κ1) is 13.2. The lowest BCUT2D eigenvalue weighted by atomic mass is 10.0. The van der Waals surface area contributed by atoms with Crippen molar-refractivity contribution in [3.63, 3.8) is 0 Å². The summed E-state index contributed by atoms with van der Waals surface area (Å²) in [7, 11) is 0. The second-order valence-electron chi connectivity index (χ2n) is 4.56. The average molecular weight is 268 g/mol. The SMILES string of the molecule is C=CCN1CCc2cc3c(cc2CC1)OCO3.Cl. The van der Waals surface area contributed by atoms with Gasteiger partial charge >= 0.3 is 0 Å². The number of ether oxygens (including phenoxy) is 2. The summed E-state index contributed by atoms with van der Waals surface area (Å²) in [6.07, 6.45) is 4.14. The van der Waals surface area contributed by atoms with Gasteiger partial charge in [-0.1, -0.05) is 6.08 Å². The predicted molar refractivity (Wildman–Crippen MR) is 73.9 cm³/mol. The molecule has 4 heteroatoms. The molecular weight excluding hydrogens is 250 g/mol. The molecule has 0 fully saturated rings. The minimum Gasteiger partial charge on any atom is -0.454 e. The van der Waals surface area contributed by atoms with Crippen LogP contribution >= 0.6 is 12.4 Å². The molecule has 2 aliphatic rings. The Kier molecular flexibility index (Phi) is 4.15. The molecule has 3 nitrogen and oxygen atoms in total. The van der Waals surface area contributed by atoms with E-state index in [-0.39, 0.29) is 12.4 Å². The van der Waals surface area contributed by atoms with Crippen molar-refractivity contribution in [2.24, 2.45) is 0 Å². The highest BCUT2D eigenvalue weighted by Gasteiger charge is 2.19. The molecular formula is C14H18ClNO2. The quantitative estimate of drug-likeness (QED) is 0.768. The van der Waals surface area contributed by atoms with Gasteiger partial charge in [-0.2, -0.15) is 0 Å². The van der Waals surface area contributed by atoms with Crippen LogP contribution in [0.3, 0.4) is 0 Å². The van der Waals surface area contributed by atoms with E-state index in [2.05, 4.69) is 23.6 Å². The van der Waals surface area contributed by atoms with Crippen LogP contribution in [0.5, 0.6) is 11.5 Å². The average Bonchev–Trinajstić information content (AvgIpc) is 2.70. The van der Waals surface area contributed by atoms with Gasteiger partial charge in [0.1, 0.15) is 0 Å². The molecule has 3 rings (SSSR count). The van der Waals surface area contributed by atoms with Crippen LogP contribution in [0.2, 0.25) is 0 Å². The molecule has 18 heavy (non-hydrogen) atoms. The molecule has 98 valence electrons. The Morgan fingerprint density at radius 3 is 2.17 bits per heavy atom. The van der Waals surface area contributed by atoms with Gasteiger partial charge in [-0.15, -0.1) is 19.0 Å². The van der Waals surface area contributed by atoms with Gasteiger partial charge < -0.3 is 9.47 Å². The second-order valence-corrected chi connectivity index (χ2v) is 4.56. The van der Waals surface area contributed by atoms with Crippen LogP contribution < -0.4 is 9.47 Å². The first-order valence-electron chi connectivity index (χ1n) is 6.11. The van der Waals surface area contributed by atoms with Gasteiger partial charge in [-0.25, -0.2) is 0 Å². The van der Waals surface area contributed by atoms with Crippen LogP contribution in [0.25, 0.3) is 0 Å². The van der Waals surface area contributed by atoms with Crippen LogP contribution in [-0.2, 0) is 12.8 Å². The van der Waals surface area contributed by atoms with Gasteiger partial charge in [-0.3, -0.25) is 4.90 Å².